The maximum Gasteiger partial charge on any atom is 0.433 e. The number of aromatic nitrogens is 1. The fraction of sp³-hybridized carbons (Fsp3) is 0.269. The lowest BCUT2D eigenvalue weighted by Gasteiger charge is -2.41. The van der Waals surface area contributed by atoms with E-state index in [1.54, 1.807) is 43.3 Å². The van der Waals surface area contributed by atoms with Crippen LogP contribution in [0.3, 0.4) is 0 Å². The Bertz CT molecular complexity index is 1210. The summed E-state index contributed by atoms with van der Waals surface area (Å²) in [5.74, 6) is -2.76. The summed E-state index contributed by atoms with van der Waals surface area (Å²) in [6.45, 7) is 1.94. The number of aryl methyl sites for hydroxylation is 1. The first-order valence-electron chi connectivity index (χ1n) is 11.1. The van der Waals surface area contributed by atoms with E-state index in [1.807, 2.05) is 0 Å². The molecule has 1 unspecified atom stereocenters. The van der Waals surface area contributed by atoms with Gasteiger partial charge in [-0.25, -0.2) is 9.37 Å². The summed E-state index contributed by atoms with van der Waals surface area (Å²) in [5, 5.41) is 2.48. The maximum absolute atomic E-state index is 14.6. The number of nitrogens with zero attached hydrogens (tertiary/aromatic N) is 2. The third kappa shape index (κ3) is 5.18. The van der Waals surface area contributed by atoms with Crippen LogP contribution in [0, 0.1) is 18.7 Å². The van der Waals surface area contributed by atoms with Gasteiger partial charge in [-0.1, -0.05) is 48.5 Å². The number of pyridine rings is 1. The smallest absolute Gasteiger partial charge is 0.331 e. The molecule has 0 bridgehead atoms. The number of carbonyl (C=O) groups excluding carboxylic acids is 2. The molecule has 3 aromatic rings. The van der Waals surface area contributed by atoms with Crippen molar-refractivity contribution < 1.29 is 27.2 Å². The summed E-state index contributed by atoms with van der Waals surface area (Å²) < 4.78 is 53.8. The fourth-order valence-corrected chi connectivity index (χ4v) is 4.49. The average Bonchev–Trinajstić information content (AvgIpc) is 2.83. The molecule has 1 aromatic heterocycles. The van der Waals surface area contributed by atoms with Crippen LogP contribution < -0.4 is 5.32 Å². The lowest BCUT2D eigenvalue weighted by molar-refractivity contribution is -0.141. The standard InChI is InChI=1S/C26H23F4N3O2/c1-16-8-5-12-19(27)22(16)25(35)33-15-7-11-18(23(33)17-9-3-2-4-10-17)24(34)32-21-14-6-13-20(31-21)26(28,29)30/h2-6,8-10,12-14,18,23H,7,11,15H2,1H3,(H,31,32,34)/t18?,23-/m0/s1. The SMILES string of the molecule is Cc1cccc(F)c1C(=O)N1CCCC(C(=O)Nc2cccc(C(F)(F)F)n2)[C@@H]1c1ccccc1. The number of hydrogen-bond acceptors (Lipinski definition) is 3. The molecule has 0 saturated carbocycles. The van der Waals surface area contributed by atoms with E-state index < -0.39 is 41.5 Å². The summed E-state index contributed by atoms with van der Waals surface area (Å²) in [7, 11) is 0. The predicted molar refractivity (Wildman–Crippen MR) is 122 cm³/mol. The van der Waals surface area contributed by atoms with Crippen molar-refractivity contribution in [2.24, 2.45) is 5.92 Å². The zero-order chi connectivity index (χ0) is 25.2. The van der Waals surface area contributed by atoms with E-state index in [2.05, 4.69) is 10.3 Å². The van der Waals surface area contributed by atoms with E-state index in [4.69, 9.17) is 0 Å². The predicted octanol–water partition coefficient (Wildman–Crippen LogP) is 5.78. The monoisotopic (exact) mass is 485 g/mol. The highest BCUT2D eigenvalue weighted by molar-refractivity contribution is 5.98. The largest absolute Gasteiger partial charge is 0.433 e. The molecule has 1 aliphatic rings. The van der Waals surface area contributed by atoms with Gasteiger partial charge in [0.25, 0.3) is 5.91 Å². The molecule has 2 atom stereocenters. The highest BCUT2D eigenvalue weighted by Crippen LogP contribution is 2.38. The summed E-state index contributed by atoms with van der Waals surface area (Å²) in [5.41, 5.74) is -0.0346. The first-order chi connectivity index (χ1) is 16.7. The Balaban J connectivity index is 1.68. The van der Waals surface area contributed by atoms with Gasteiger partial charge in [0, 0.05) is 6.54 Å². The van der Waals surface area contributed by atoms with Crippen LogP contribution in [0.4, 0.5) is 23.4 Å². The number of carbonyl (C=O) groups is 2. The first kappa shape index (κ1) is 24.4. The van der Waals surface area contributed by atoms with Gasteiger partial charge in [0.15, 0.2) is 0 Å². The molecular formula is C26H23F4N3O2. The number of amides is 2. The van der Waals surface area contributed by atoms with Crippen LogP contribution in [0.5, 0.6) is 0 Å². The Labute approximate surface area is 199 Å². The van der Waals surface area contributed by atoms with Crippen molar-refractivity contribution in [3.63, 3.8) is 0 Å². The number of hydrogen-bond donors (Lipinski definition) is 1. The molecule has 182 valence electrons. The van der Waals surface area contributed by atoms with E-state index in [1.165, 1.54) is 23.1 Å². The number of likely N-dealkylation sites (tertiary alicyclic amines) is 1. The van der Waals surface area contributed by atoms with Gasteiger partial charge in [-0.2, -0.15) is 13.2 Å². The van der Waals surface area contributed by atoms with Crippen molar-refractivity contribution in [3.8, 4) is 0 Å². The number of anilines is 1. The number of piperidine rings is 1. The van der Waals surface area contributed by atoms with E-state index in [9.17, 15) is 27.2 Å². The molecule has 5 nitrogen and oxygen atoms in total. The molecule has 0 spiro atoms. The number of alkyl halides is 3. The minimum absolute atomic E-state index is 0.0611. The van der Waals surface area contributed by atoms with Crippen molar-refractivity contribution in [2.45, 2.75) is 32.0 Å². The van der Waals surface area contributed by atoms with Crippen molar-refractivity contribution in [1.29, 1.82) is 0 Å². The van der Waals surface area contributed by atoms with Gasteiger partial charge < -0.3 is 10.2 Å². The number of rotatable bonds is 4. The van der Waals surface area contributed by atoms with Crippen molar-refractivity contribution >= 4 is 17.6 Å². The molecule has 2 amide bonds. The van der Waals surface area contributed by atoms with Crippen LogP contribution in [0.1, 0.15) is 46.1 Å². The third-order valence-electron chi connectivity index (χ3n) is 6.10. The Kier molecular flexibility index (Phi) is 6.86. The summed E-state index contributed by atoms with van der Waals surface area (Å²) in [4.78, 5) is 31.8. The summed E-state index contributed by atoms with van der Waals surface area (Å²) in [6, 6.07) is 15.8. The van der Waals surface area contributed by atoms with Gasteiger partial charge in [-0.3, -0.25) is 9.59 Å². The third-order valence-corrected chi connectivity index (χ3v) is 6.10. The Hall–Kier alpha value is -3.75. The molecule has 1 N–H and O–H groups in total. The molecule has 1 fully saturated rings. The van der Waals surface area contributed by atoms with Crippen LogP contribution >= 0.6 is 0 Å². The highest BCUT2D eigenvalue weighted by Gasteiger charge is 2.41. The molecule has 2 aromatic carbocycles. The van der Waals surface area contributed by atoms with Crippen LogP contribution in [0.2, 0.25) is 0 Å². The molecule has 4 rings (SSSR count). The van der Waals surface area contributed by atoms with E-state index in [-0.39, 0.29) is 11.4 Å². The molecule has 9 heteroatoms. The lowest BCUT2D eigenvalue weighted by atomic mass is 9.83. The van der Waals surface area contributed by atoms with Crippen LogP contribution in [-0.4, -0.2) is 28.2 Å². The van der Waals surface area contributed by atoms with Crippen LogP contribution in [-0.2, 0) is 11.0 Å². The Morgan fingerprint density at radius 3 is 2.40 bits per heavy atom. The second-order valence-electron chi connectivity index (χ2n) is 8.43. The van der Waals surface area contributed by atoms with Crippen molar-refractivity contribution in [2.75, 3.05) is 11.9 Å². The molecule has 2 heterocycles. The second kappa shape index (κ2) is 9.85. The van der Waals surface area contributed by atoms with Gasteiger partial charge in [0.05, 0.1) is 17.5 Å². The highest BCUT2D eigenvalue weighted by atomic mass is 19.4. The van der Waals surface area contributed by atoms with Gasteiger partial charge in [0.2, 0.25) is 5.91 Å². The average molecular weight is 485 g/mol. The van der Waals surface area contributed by atoms with E-state index in [0.717, 1.165) is 12.1 Å². The first-order valence-corrected chi connectivity index (χ1v) is 11.1. The van der Waals surface area contributed by atoms with Gasteiger partial charge in [-0.05, 0) is 49.1 Å². The number of halogens is 4. The van der Waals surface area contributed by atoms with Gasteiger partial charge in [0.1, 0.15) is 17.3 Å². The van der Waals surface area contributed by atoms with Crippen molar-refractivity contribution in [1.82, 2.24) is 9.88 Å². The number of benzene rings is 2. The molecule has 35 heavy (non-hydrogen) atoms. The van der Waals surface area contributed by atoms with Gasteiger partial charge in [-0.15, -0.1) is 0 Å². The molecule has 0 aliphatic carbocycles. The molecular weight excluding hydrogens is 462 g/mol. The van der Waals surface area contributed by atoms with E-state index >= 15 is 0 Å². The lowest BCUT2D eigenvalue weighted by Crippen LogP contribution is -2.46. The minimum atomic E-state index is -4.65. The zero-order valence-corrected chi connectivity index (χ0v) is 18.8. The normalized spacial score (nSPS) is 18.3. The number of nitrogens with one attached hydrogen (secondary N) is 1. The molecule has 0 radical (unpaired) electrons. The maximum atomic E-state index is 14.6. The van der Waals surface area contributed by atoms with Crippen molar-refractivity contribution in [3.05, 3.63) is 94.9 Å². The summed E-state index contributed by atoms with van der Waals surface area (Å²) >= 11 is 0. The fourth-order valence-electron chi connectivity index (χ4n) is 4.49. The summed E-state index contributed by atoms with van der Waals surface area (Å²) in [6.07, 6.45) is -3.79. The minimum Gasteiger partial charge on any atom is -0.331 e. The van der Waals surface area contributed by atoms with Crippen LogP contribution in [0.15, 0.2) is 66.7 Å². The second-order valence-corrected chi connectivity index (χ2v) is 8.43. The molecule has 1 aliphatic heterocycles. The van der Waals surface area contributed by atoms with Gasteiger partial charge >= 0.3 is 6.18 Å². The Morgan fingerprint density at radius 1 is 1.00 bits per heavy atom. The zero-order valence-electron chi connectivity index (χ0n) is 18.8. The van der Waals surface area contributed by atoms with Crippen LogP contribution in [0.25, 0.3) is 0 Å². The Morgan fingerprint density at radius 2 is 1.71 bits per heavy atom. The molecule has 1 saturated heterocycles. The van der Waals surface area contributed by atoms with E-state index in [0.29, 0.717) is 30.5 Å². The topological polar surface area (TPSA) is 62.3 Å². The quantitative estimate of drug-likeness (QED) is 0.477.